The molecule has 2 amide bonds. The number of hydrogen-bond donors (Lipinski definition) is 1. The zero-order valence-electron chi connectivity index (χ0n) is 8.90. The molecule has 1 aliphatic carbocycles. The Balaban J connectivity index is 1.93. The van der Waals surface area contributed by atoms with Crippen LogP contribution < -0.4 is 5.32 Å². The second-order valence-corrected chi connectivity index (χ2v) is 4.99. The van der Waals surface area contributed by atoms with Crippen LogP contribution in [0, 0.1) is 5.92 Å². The number of amides is 2. The smallest absolute Gasteiger partial charge is 0.245 e. The Kier molecular flexibility index (Phi) is 1.82. The molecule has 0 bridgehead atoms. The number of piperazine rings is 1. The van der Waals surface area contributed by atoms with Gasteiger partial charge in [0, 0.05) is 6.04 Å². The molecule has 0 aromatic rings. The highest BCUT2D eigenvalue weighted by Gasteiger charge is 2.51. The molecule has 0 aromatic heterocycles. The van der Waals surface area contributed by atoms with Crippen LogP contribution in [-0.4, -0.2) is 34.8 Å². The number of rotatable bonds is 0. The molecule has 2 saturated heterocycles. The van der Waals surface area contributed by atoms with Gasteiger partial charge in [0.1, 0.15) is 12.1 Å². The summed E-state index contributed by atoms with van der Waals surface area (Å²) in [6.45, 7) is 1.78. The predicted octanol–water partition coefficient (Wildman–Crippen LogP) is 0.274. The predicted molar refractivity (Wildman–Crippen MR) is 54.0 cm³/mol. The van der Waals surface area contributed by atoms with Crippen LogP contribution in [0.4, 0.5) is 0 Å². The minimum absolute atomic E-state index is 0.0523. The minimum Gasteiger partial charge on any atom is -0.343 e. The molecule has 3 aliphatic rings. The van der Waals surface area contributed by atoms with E-state index in [4.69, 9.17) is 0 Å². The largest absolute Gasteiger partial charge is 0.343 e. The second-order valence-electron chi connectivity index (χ2n) is 4.99. The van der Waals surface area contributed by atoms with Gasteiger partial charge in [-0.3, -0.25) is 9.59 Å². The summed E-state index contributed by atoms with van der Waals surface area (Å²) < 4.78 is 0. The van der Waals surface area contributed by atoms with E-state index in [1.807, 2.05) is 4.90 Å². The average molecular weight is 208 g/mol. The molecule has 2 heterocycles. The summed E-state index contributed by atoms with van der Waals surface area (Å²) in [6, 6.07) is -0.131. The van der Waals surface area contributed by atoms with Gasteiger partial charge in [-0.1, -0.05) is 6.42 Å². The van der Waals surface area contributed by atoms with Gasteiger partial charge in [-0.2, -0.15) is 0 Å². The summed E-state index contributed by atoms with van der Waals surface area (Å²) in [5.74, 6) is 0.750. The fourth-order valence-electron chi connectivity index (χ4n) is 3.44. The first kappa shape index (κ1) is 9.19. The van der Waals surface area contributed by atoms with Crippen LogP contribution >= 0.6 is 0 Å². The lowest BCUT2D eigenvalue weighted by Crippen LogP contribution is -2.61. The van der Waals surface area contributed by atoms with Crippen LogP contribution in [0.3, 0.4) is 0 Å². The van der Waals surface area contributed by atoms with Crippen molar-refractivity contribution in [1.29, 1.82) is 0 Å². The van der Waals surface area contributed by atoms with E-state index in [-0.39, 0.29) is 23.9 Å². The molecule has 82 valence electrons. The van der Waals surface area contributed by atoms with E-state index in [0.717, 1.165) is 12.8 Å². The highest BCUT2D eigenvalue weighted by atomic mass is 16.2. The molecule has 0 radical (unpaired) electrons. The summed E-state index contributed by atoms with van der Waals surface area (Å²) >= 11 is 0. The highest BCUT2D eigenvalue weighted by Crippen LogP contribution is 2.42. The van der Waals surface area contributed by atoms with Crippen molar-refractivity contribution in [3.63, 3.8) is 0 Å². The molecular formula is C11H16N2O2. The monoisotopic (exact) mass is 208 g/mol. The molecule has 4 atom stereocenters. The Hall–Kier alpha value is -1.06. The maximum absolute atomic E-state index is 12.0. The van der Waals surface area contributed by atoms with E-state index < -0.39 is 0 Å². The van der Waals surface area contributed by atoms with Gasteiger partial charge in [0.15, 0.2) is 0 Å². The van der Waals surface area contributed by atoms with Gasteiger partial charge in [0.05, 0.1) is 0 Å². The van der Waals surface area contributed by atoms with Crippen LogP contribution in [0.5, 0.6) is 0 Å². The van der Waals surface area contributed by atoms with Crippen LogP contribution in [0.2, 0.25) is 0 Å². The Morgan fingerprint density at radius 1 is 1.33 bits per heavy atom. The number of carbonyl (C=O) groups excluding carboxylic acids is 2. The molecule has 1 N–H and O–H groups in total. The van der Waals surface area contributed by atoms with Crippen molar-refractivity contribution in [2.45, 2.75) is 50.7 Å². The van der Waals surface area contributed by atoms with Crippen molar-refractivity contribution < 1.29 is 9.59 Å². The summed E-state index contributed by atoms with van der Waals surface area (Å²) in [5.41, 5.74) is 0. The van der Waals surface area contributed by atoms with Crippen LogP contribution in [0.25, 0.3) is 0 Å². The molecule has 1 saturated carbocycles. The average Bonchev–Trinajstić information content (AvgIpc) is 2.72. The third-order valence-electron chi connectivity index (χ3n) is 4.12. The van der Waals surface area contributed by atoms with Crippen molar-refractivity contribution in [2.24, 2.45) is 5.92 Å². The molecule has 0 unspecified atom stereocenters. The molecule has 4 nitrogen and oxygen atoms in total. The minimum atomic E-state index is -0.326. The van der Waals surface area contributed by atoms with E-state index in [1.165, 1.54) is 12.8 Å². The molecule has 4 heteroatoms. The van der Waals surface area contributed by atoms with Gasteiger partial charge in [-0.15, -0.1) is 0 Å². The number of fused-ring (bicyclic) bond motifs is 3. The van der Waals surface area contributed by atoms with Gasteiger partial charge < -0.3 is 10.2 Å². The van der Waals surface area contributed by atoms with Crippen molar-refractivity contribution in [3.05, 3.63) is 0 Å². The maximum Gasteiger partial charge on any atom is 0.245 e. The topological polar surface area (TPSA) is 49.4 Å². The molecule has 0 aromatic carbocycles. The first-order valence-corrected chi connectivity index (χ1v) is 5.81. The Morgan fingerprint density at radius 3 is 2.93 bits per heavy atom. The SMILES string of the molecule is C[C@@H]1NC(=O)[C@@H]2C[C@@H]3CCC[C@@H]3N2C1=O. The highest BCUT2D eigenvalue weighted by molar-refractivity contribution is 5.97. The lowest BCUT2D eigenvalue weighted by atomic mass is 10.0. The van der Waals surface area contributed by atoms with E-state index in [1.54, 1.807) is 6.92 Å². The van der Waals surface area contributed by atoms with Crippen LogP contribution in [0.15, 0.2) is 0 Å². The fourth-order valence-corrected chi connectivity index (χ4v) is 3.44. The summed E-state index contributed by atoms with van der Waals surface area (Å²) in [6.07, 6.45) is 4.37. The third-order valence-corrected chi connectivity index (χ3v) is 4.12. The lowest BCUT2D eigenvalue weighted by molar-refractivity contribution is -0.148. The standard InChI is InChI=1S/C11H16N2O2/c1-6-11(15)13-8-4-2-3-7(8)5-9(13)10(14)12-6/h6-9H,2-5H2,1H3,(H,12,14)/t6-,7-,8-,9-/m0/s1. The zero-order valence-corrected chi connectivity index (χ0v) is 8.90. The zero-order chi connectivity index (χ0) is 10.6. The van der Waals surface area contributed by atoms with E-state index >= 15 is 0 Å². The second kappa shape index (κ2) is 2.97. The van der Waals surface area contributed by atoms with Gasteiger partial charge in [-0.05, 0) is 32.1 Å². The summed E-state index contributed by atoms with van der Waals surface area (Å²) in [4.78, 5) is 25.6. The van der Waals surface area contributed by atoms with E-state index in [9.17, 15) is 9.59 Å². The van der Waals surface area contributed by atoms with Gasteiger partial charge in [0.2, 0.25) is 11.8 Å². The van der Waals surface area contributed by atoms with Crippen molar-refractivity contribution >= 4 is 11.8 Å². The number of hydrogen-bond acceptors (Lipinski definition) is 2. The number of nitrogens with zero attached hydrogens (tertiary/aromatic N) is 1. The normalized spacial score (nSPS) is 43.9. The number of carbonyl (C=O) groups is 2. The first-order chi connectivity index (χ1) is 7.18. The van der Waals surface area contributed by atoms with E-state index in [2.05, 4.69) is 5.32 Å². The van der Waals surface area contributed by atoms with Gasteiger partial charge in [-0.25, -0.2) is 0 Å². The van der Waals surface area contributed by atoms with Crippen LogP contribution in [0.1, 0.15) is 32.6 Å². The quantitative estimate of drug-likeness (QED) is 0.621. The molecule has 2 aliphatic heterocycles. The summed E-state index contributed by atoms with van der Waals surface area (Å²) in [7, 11) is 0. The fraction of sp³-hybridized carbons (Fsp3) is 0.818. The maximum atomic E-state index is 12.0. The van der Waals surface area contributed by atoms with Crippen LogP contribution in [-0.2, 0) is 9.59 Å². The number of nitrogens with one attached hydrogen (secondary N) is 1. The lowest BCUT2D eigenvalue weighted by Gasteiger charge is -2.36. The molecule has 3 fully saturated rings. The van der Waals surface area contributed by atoms with Crippen molar-refractivity contribution in [3.8, 4) is 0 Å². The molecule has 0 spiro atoms. The van der Waals surface area contributed by atoms with Gasteiger partial charge in [0.25, 0.3) is 0 Å². The Morgan fingerprint density at radius 2 is 2.13 bits per heavy atom. The molecular weight excluding hydrogens is 192 g/mol. The Bertz CT molecular complexity index is 329. The van der Waals surface area contributed by atoms with Crippen molar-refractivity contribution in [1.82, 2.24) is 10.2 Å². The molecule has 3 rings (SSSR count). The summed E-state index contributed by atoms with van der Waals surface area (Å²) in [5, 5.41) is 2.76. The van der Waals surface area contributed by atoms with E-state index in [0.29, 0.717) is 12.0 Å². The Labute approximate surface area is 89.0 Å². The molecule has 15 heavy (non-hydrogen) atoms. The third kappa shape index (κ3) is 1.13. The first-order valence-electron chi connectivity index (χ1n) is 5.81. The van der Waals surface area contributed by atoms with Crippen molar-refractivity contribution in [2.75, 3.05) is 0 Å². The van der Waals surface area contributed by atoms with Gasteiger partial charge >= 0.3 is 0 Å².